The number of H-pyrrole nitrogens is 1. The average molecular weight is 533 g/mol. The van der Waals surface area contributed by atoms with Crippen molar-refractivity contribution in [3.8, 4) is 28.4 Å². The van der Waals surface area contributed by atoms with E-state index in [1.165, 1.54) is 0 Å². The topological polar surface area (TPSA) is 102 Å². The molecule has 0 saturated carbocycles. The van der Waals surface area contributed by atoms with Gasteiger partial charge in [0.1, 0.15) is 6.23 Å². The summed E-state index contributed by atoms with van der Waals surface area (Å²) in [4.78, 5) is 16.8. The molecule has 0 aliphatic carbocycles. The Kier molecular flexibility index (Phi) is 9.11. The number of aliphatic hydroxyl groups is 1. The van der Waals surface area contributed by atoms with E-state index < -0.39 is 6.23 Å². The Morgan fingerprint density at radius 2 is 1.67 bits per heavy atom. The highest BCUT2D eigenvalue weighted by atomic mass is 16.5. The van der Waals surface area contributed by atoms with Gasteiger partial charge >= 0.3 is 0 Å². The van der Waals surface area contributed by atoms with Crippen molar-refractivity contribution in [2.24, 2.45) is 0 Å². The van der Waals surface area contributed by atoms with E-state index in [4.69, 9.17) is 18.9 Å². The molecule has 0 saturated heterocycles. The van der Waals surface area contributed by atoms with E-state index in [-0.39, 0.29) is 11.8 Å². The van der Waals surface area contributed by atoms with Crippen molar-refractivity contribution in [1.29, 1.82) is 0 Å². The highest BCUT2D eigenvalue weighted by molar-refractivity contribution is 5.97. The molecule has 206 valence electrons. The van der Waals surface area contributed by atoms with Gasteiger partial charge in [-0.05, 0) is 59.4 Å². The van der Waals surface area contributed by atoms with E-state index in [1.54, 1.807) is 28.4 Å². The minimum atomic E-state index is -1.09. The SMILES string of the molecule is COCCCc1ccc(-c2cc(OC)c(OC)c(OC)c2)cc1C(=O)N[C@H](O)C(C)c1c[nH]c2ccccc12. The molecule has 8 heteroatoms. The summed E-state index contributed by atoms with van der Waals surface area (Å²) in [5.74, 6) is 0.846. The number of hydrogen-bond donors (Lipinski definition) is 3. The predicted octanol–water partition coefficient (Wildman–Crippen LogP) is 5.29. The van der Waals surface area contributed by atoms with Crippen molar-refractivity contribution >= 4 is 16.8 Å². The van der Waals surface area contributed by atoms with E-state index in [9.17, 15) is 9.90 Å². The maximum atomic E-state index is 13.6. The number of hydrogen-bond acceptors (Lipinski definition) is 6. The van der Waals surface area contributed by atoms with E-state index in [0.29, 0.717) is 35.8 Å². The van der Waals surface area contributed by atoms with Crippen LogP contribution in [0.2, 0.25) is 0 Å². The minimum Gasteiger partial charge on any atom is -0.493 e. The van der Waals surface area contributed by atoms with Crippen LogP contribution in [0.1, 0.15) is 40.7 Å². The number of ether oxygens (including phenoxy) is 4. The van der Waals surface area contributed by atoms with Gasteiger partial charge in [0.15, 0.2) is 11.5 Å². The van der Waals surface area contributed by atoms with Crippen LogP contribution in [-0.2, 0) is 11.2 Å². The third-order valence-corrected chi connectivity index (χ3v) is 7.01. The summed E-state index contributed by atoms with van der Waals surface area (Å²) in [7, 11) is 6.34. The second-order valence-corrected chi connectivity index (χ2v) is 9.38. The summed E-state index contributed by atoms with van der Waals surface area (Å²) in [6.45, 7) is 2.47. The average Bonchev–Trinajstić information content (AvgIpc) is 3.40. The zero-order valence-electron chi connectivity index (χ0n) is 23.0. The zero-order chi connectivity index (χ0) is 27.9. The van der Waals surface area contributed by atoms with Gasteiger partial charge in [0, 0.05) is 42.3 Å². The Morgan fingerprint density at radius 3 is 2.33 bits per heavy atom. The molecular weight excluding hydrogens is 496 g/mol. The highest BCUT2D eigenvalue weighted by Crippen LogP contribution is 2.41. The monoisotopic (exact) mass is 532 g/mol. The molecule has 1 aromatic heterocycles. The number of fused-ring (bicyclic) bond motifs is 1. The van der Waals surface area contributed by atoms with Crippen LogP contribution in [0.3, 0.4) is 0 Å². The first-order valence-electron chi connectivity index (χ1n) is 12.9. The number of carbonyl (C=O) groups is 1. The molecule has 3 N–H and O–H groups in total. The Hall–Kier alpha value is -4.01. The number of amides is 1. The summed E-state index contributed by atoms with van der Waals surface area (Å²) in [6, 6.07) is 17.3. The molecule has 3 aromatic carbocycles. The fourth-order valence-electron chi connectivity index (χ4n) is 4.82. The van der Waals surface area contributed by atoms with Gasteiger partial charge in [-0.25, -0.2) is 0 Å². The van der Waals surface area contributed by atoms with Crippen LogP contribution in [0.5, 0.6) is 17.2 Å². The summed E-state index contributed by atoms with van der Waals surface area (Å²) >= 11 is 0. The fraction of sp³-hybridized carbons (Fsp3) is 0.323. The Balaban J connectivity index is 1.66. The number of para-hydroxylation sites is 1. The van der Waals surface area contributed by atoms with Crippen molar-refractivity contribution in [2.45, 2.75) is 31.9 Å². The van der Waals surface area contributed by atoms with Crippen molar-refractivity contribution in [3.05, 3.63) is 77.5 Å². The van der Waals surface area contributed by atoms with E-state index in [1.807, 2.05) is 67.7 Å². The molecule has 4 aromatic rings. The lowest BCUT2D eigenvalue weighted by Gasteiger charge is -2.21. The van der Waals surface area contributed by atoms with Crippen LogP contribution in [0.15, 0.2) is 60.8 Å². The third-order valence-electron chi connectivity index (χ3n) is 7.01. The number of carbonyl (C=O) groups excluding carboxylic acids is 1. The number of aromatic nitrogens is 1. The number of aromatic amines is 1. The number of aliphatic hydroxyl groups excluding tert-OH is 1. The maximum absolute atomic E-state index is 13.6. The predicted molar refractivity (Wildman–Crippen MR) is 152 cm³/mol. The third kappa shape index (κ3) is 6.02. The molecule has 0 aliphatic heterocycles. The number of methoxy groups -OCH3 is 4. The molecule has 0 fully saturated rings. The van der Waals surface area contributed by atoms with Crippen molar-refractivity contribution in [2.75, 3.05) is 35.0 Å². The van der Waals surface area contributed by atoms with Crippen molar-refractivity contribution < 1.29 is 28.8 Å². The van der Waals surface area contributed by atoms with E-state index in [0.717, 1.165) is 39.6 Å². The molecule has 2 atom stereocenters. The van der Waals surface area contributed by atoms with Crippen molar-refractivity contribution in [1.82, 2.24) is 10.3 Å². The second-order valence-electron chi connectivity index (χ2n) is 9.38. The minimum absolute atomic E-state index is 0.333. The Bertz CT molecular complexity index is 1400. The van der Waals surface area contributed by atoms with Crippen LogP contribution >= 0.6 is 0 Å². The molecule has 0 radical (unpaired) electrons. The molecule has 8 nitrogen and oxygen atoms in total. The van der Waals surface area contributed by atoms with Gasteiger partial charge in [-0.2, -0.15) is 0 Å². The fourth-order valence-corrected chi connectivity index (χ4v) is 4.82. The van der Waals surface area contributed by atoms with Crippen LogP contribution < -0.4 is 19.5 Å². The van der Waals surface area contributed by atoms with Gasteiger partial charge in [-0.15, -0.1) is 0 Å². The highest BCUT2D eigenvalue weighted by Gasteiger charge is 2.23. The molecule has 0 aliphatic rings. The standard InChI is InChI=1S/C31H36N2O6/c1-19(25-18-32-26-11-7-6-10-23(25)26)30(34)33-31(35)24-15-21(13-12-20(24)9-8-14-36-2)22-16-27(37-3)29(39-5)28(17-22)38-4/h6-7,10-13,15-19,30,32,34H,8-9,14H2,1-5H3,(H,33,35)/t19?,30-/m1/s1. The summed E-state index contributed by atoms with van der Waals surface area (Å²) in [5, 5.41) is 14.9. The number of nitrogens with one attached hydrogen (secondary N) is 2. The van der Waals surface area contributed by atoms with Gasteiger partial charge in [-0.1, -0.05) is 37.3 Å². The van der Waals surface area contributed by atoms with Gasteiger partial charge in [0.05, 0.1) is 21.3 Å². The van der Waals surface area contributed by atoms with Crippen LogP contribution in [-0.4, -0.2) is 57.3 Å². The van der Waals surface area contributed by atoms with E-state index in [2.05, 4.69) is 10.3 Å². The summed E-state index contributed by atoms with van der Waals surface area (Å²) < 4.78 is 21.7. The Labute approximate surface area is 228 Å². The molecule has 1 unspecified atom stereocenters. The molecular formula is C31H36N2O6. The molecule has 4 rings (SSSR count). The number of rotatable bonds is 12. The van der Waals surface area contributed by atoms with Crippen LogP contribution in [0, 0.1) is 0 Å². The second kappa shape index (κ2) is 12.7. The lowest BCUT2D eigenvalue weighted by atomic mass is 9.95. The first kappa shape index (κ1) is 28.0. The lowest BCUT2D eigenvalue weighted by molar-refractivity contribution is 0.0727. The van der Waals surface area contributed by atoms with Crippen molar-refractivity contribution in [3.63, 3.8) is 0 Å². The molecule has 39 heavy (non-hydrogen) atoms. The largest absolute Gasteiger partial charge is 0.493 e. The summed E-state index contributed by atoms with van der Waals surface area (Å²) in [6.07, 6.45) is 2.20. The maximum Gasteiger partial charge on any atom is 0.253 e. The van der Waals surface area contributed by atoms with Crippen LogP contribution in [0.4, 0.5) is 0 Å². The first-order chi connectivity index (χ1) is 18.9. The molecule has 1 amide bonds. The van der Waals surface area contributed by atoms with Crippen LogP contribution in [0.25, 0.3) is 22.0 Å². The molecule has 0 bridgehead atoms. The number of aryl methyl sites for hydroxylation is 1. The normalized spacial score (nSPS) is 12.7. The van der Waals surface area contributed by atoms with Gasteiger partial charge in [0.25, 0.3) is 5.91 Å². The first-order valence-corrected chi connectivity index (χ1v) is 12.9. The zero-order valence-corrected chi connectivity index (χ0v) is 23.0. The van der Waals surface area contributed by atoms with E-state index >= 15 is 0 Å². The Morgan fingerprint density at radius 1 is 0.949 bits per heavy atom. The number of benzene rings is 3. The molecule has 0 spiro atoms. The lowest BCUT2D eigenvalue weighted by Crippen LogP contribution is -2.38. The molecule has 1 heterocycles. The quantitative estimate of drug-likeness (QED) is 0.169. The van der Waals surface area contributed by atoms with Gasteiger partial charge in [0.2, 0.25) is 5.75 Å². The van der Waals surface area contributed by atoms with Gasteiger partial charge < -0.3 is 34.4 Å². The smallest absolute Gasteiger partial charge is 0.253 e. The van der Waals surface area contributed by atoms with Gasteiger partial charge in [-0.3, -0.25) is 4.79 Å². The summed E-state index contributed by atoms with van der Waals surface area (Å²) in [5.41, 5.74) is 4.88.